The van der Waals surface area contributed by atoms with E-state index in [1.165, 1.54) is 11.8 Å². The van der Waals surface area contributed by atoms with E-state index in [0.717, 1.165) is 17.0 Å². The van der Waals surface area contributed by atoms with Crippen molar-refractivity contribution in [3.8, 4) is 11.4 Å². The SMILES string of the molecule is Cc1ccccc1-c1nnc(SCC(=O)O)n1C(C)(C)C. The van der Waals surface area contributed by atoms with E-state index in [1.54, 1.807) is 0 Å². The molecule has 1 heterocycles. The minimum atomic E-state index is -0.860. The van der Waals surface area contributed by atoms with Gasteiger partial charge in [0.25, 0.3) is 0 Å². The highest BCUT2D eigenvalue weighted by atomic mass is 32.2. The maximum atomic E-state index is 10.8. The zero-order valence-corrected chi connectivity index (χ0v) is 13.4. The summed E-state index contributed by atoms with van der Waals surface area (Å²) in [5.41, 5.74) is 1.90. The summed E-state index contributed by atoms with van der Waals surface area (Å²) in [6, 6.07) is 7.99. The predicted octanol–water partition coefficient (Wildman–Crippen LogP) is 3.19. The molecule has 0 atom stereocenters. The number of aliphatic carboxylic acids is 1. The maximum Gasteiger partial charge on any atom is 0.313 e. The van der Waals surface area contributed by atoms with Gasteiger partial charge in [-0.3, -0.25) is 9.36 Å². The first-order valence-corrected chi connectivity index (χ1v) is 7.66. The van der Waals surface area contributed by atoms with Crippen LogP contribution in [0.2, 0.25) is 0 Å². The van der Waals surface area contributed by atoms with Gasteiger partial charge in [-0.2, -0.15) is 0 Å². The molecule has 0 fully saturated rings. The zero-order valence-electron chi connectivity index (χ0n) is 12.6. The van der Waals surface area contributed by atoms with Gasteiger partial charge in [-0.25, -0.2) is 0 Å². The molecule has 5 nitrogen and oxygen atoms in total. The molecule has 0 saturated heterocycles. The van der Waals surface area contributed by atoms with E-state index < -0.39 is 5.97 Å². The van der Waals surface area contributed by atoms with Crippen molar-refractivity contribution in [2.75, 3.05) is 5.75 Å². The van der Waals surface area contributed by atoms with Crippen LogP contribution >= 0.6 is 11.8 Å². The standard InChI is InChI=1S/C15H19N3O2S/c1-10-7-5-6-8-11(10)13-16-17-14(21-9-12(19)20)18(13)15(2,3)4/h5-8H,9H2,1-4H3,(H,19,20). The van der Waals surface area contributed by atoms with Crippen LogP contribution in [0, 0.1) is 6.92 Å². The number of benzene rings is 1. The van der Waals surface area contributed by atoms with Crippen LogP contribution in [0.4, 0.5) is 0 Å². The normalized spacial score (nSPS) is 11.6. The van der Waals surface area contributed by atoms with Gasteiger partial charge in [-0.05, 0) is 33.3 Å². The van der Waals surface area contributed by atoms with Gasteiger partial charge >= 0.3 is 5.97 Å². The summed E-state index contributed by atoms with van der Waals surface area (Å²) in [7, 11) is 0. The molecule has 1 aromatic heterocycles. The summed E-state index contributed by atoms with van der Waals surface area (Å²) in [4.78, 5) is 10.8. The number of aromatic nitrogens is 3. The molecule has 2 rings (SSSR count). The summed E-state index contributed by atoms with van der Waals surface area (Å²) >= 11 is 1.19. The number of hydrogen-bond donors (Lipinski definition) is 1. The van der Waals surface area contributed by atoms with Crippen molar-refractivity contribution in [2.24, 2.45) is 0 Å². The van der Waals surface area contributed by atoms with Gasteiger partial charge in [0.15, 0.2) is 11.0 Å². The van der Waals surface area contributed by atoms with Crippen molar-refractivity contribution in [2.45, 2.75) is 38.4 Å². The summed E-state index contributed by atoms with van der Waals surface area (Å²) < 4.78 is 2.00. The first-order chi connectivity index (χ1) is 9.80. The number of carboxylic acid groups (broad SMARTS) is 1. The predicted molar refractivity (Wildman–Crippen MR) is 83.6 cm³/mol. The van der Waals surface area contributed by atoms with Gasteiger partial charge in [0, 0.05) is 11.1 Å². The number of thioether (sulfide) groups is 1. The second-order valence-corrected chi connectivity index (χ2v) is 6.75. The summed E-state index contributed by atoms with van der Waals surface area (Å²) in [5.74, 6) is -0.114. The van der Waals surface area contributed by atoms with Crippen molar-refractivity contribution < 1.29 is 9.90 Å². The van der Waals surface area contributed by atoms with Crippen molar-refractivity contribution >= 4 is 17.7 Å². The average molecular weight is 305 g/mol. The average Bonchev–Trinajstić information content (AvgIpc) is 2.80. The molecule has 1 aromatic carbocycles. The Balaban J connectivity index is 2.52. The molecule has 0 aliphatic heterocycles. The second kappa shape index (κ2) is 5.89. The highest BCUT2D eigenvalue weighted by Crippen LogP contribution is 2.31. The van der Waals surface area contributed by atoms with Crippen LogP contribution in [-0.4, -0.2) is 31.6 Å². The highest BCUT2D eigenvalue weighted by Gasteiger charge is 2.25. The van der Waals surface area contributed by atoms with Crippen LogP contribution in [0.5, 0.6) is 0 Å². The summed E-state index contributed by atoms with van der Waals surface area (Å²) in [6.07, 6.45) is 0. The van der Waals surface area contributed by atoms with Crippen LogP contribution in [0.25, 0.3) is 11.4 Å². The smallest absolute Gasteiger partial charge is 0.313 e. The van der Waals surface area contributed by atoms with Gasteiger partial charge in [0.05, 0.1) is 5.75 Å². The molecule has 0 aliphatic rings. The quantitative estimate of drug-likeness (QED) is 0.879. The molecule has 6 heteroatoms. The van der Waals surface area contributed by atoms with Crippen molar-refractivity contribution in [3.63, 3.8) is 0 Å². The number of aryl methyl sites for hydroxylation is 1. The Bertz CT molecular complexity index is 659. The van der Waals surface area contributed by atoms with Crippen molar-refractivity contribution in [3.05, 3.63) is 29.8 Å². The van der Waals surface area contributed by atoms with E-state index >= 15 is 0 Å². The molecule has 0 unspecified atom stereocenters. The van der Waals surface area contributed by atoms with E-state index in [2.05, 4.69) is 31.0 Å². The molecule has 112 valence electrons. The van der Waals surface area contributed by atoms with Gasteiger partial charge < -0.3 is 5.11 Å². The van der Waals surface area contributed by atoms with Gasteiger partial charge in [0.1, 0.15) is 0 Å². The van der Waals surface area contributed by atoms with E-state index in [4.69, 9.17) is 5.11 Å². The van der Waals surface area contributed by atoms with E-state index in [-0.39, 0.29) is 11.3 Å². The Labute approximate surface area is 128 Å². The number of hydrogen-bond acceptors (Lipinski definition) is 4. The van der Waals surface area contributed by atoms with Gasteiger partial charge in [-0.1, -0.05) is 36.0 Å². The van der Waals surface area contributed by atoms with Crippen LogP contribution in [-0.2, 0) is 10.3 Å². The molecule has 0 aliphatic carbocycles. The second-order valence-electron chi connectivity index (χ2n) is 5.81. The third-order valence-electron chi connectivity index (χ3n) is 3.01. The lowest BCUT2D eigenvalue weighted by Crippen LogP contribution is -2.24. The largest absolute Gasteiger partial charge is 0.481 e. The third-order valence-corrected chi connectivity index (χ3v) is 3.93. The summed E-state index contributed by atoms with van der Waals surface area (Å²) in [6.45, 7) is 8.20. The fourth-order valence-corrected chi connectivity index (χ4v) is 2.93. The van der Waals surface area contributed by atoms with Crippen LogP contribution in [0.3, 0.4) is 0 Å². The fraction of sp³-hybridized carbons (Fsp3) is 0.400. The number of carbonyl (C=O) groups is 1. The first kappa shape index (κ1) is 15.6. The zero-order chi connectivity index (χ0) is 15.6. The van der Waals surface area contributed by atoms with Crippen LogP contribution in [0.1, 0.15) is 26.3 Å². The van der Waals surface area contributed by atoms with E-state index in [0.29, 0.717) is 5.16 Å². The van der Waals surface area contributed by atoms with E-state index in [1.807, 2.05) is 35.8 Å². The number of nitrogens with zero attached hydrogens (tertiary/aromatic N) is 3. The number of carboxylic acids is 1. The first-order valence-electron chi connectivity index (χ1n) is 6.67. The molecule has 0 radical (unpaired) electrons. The molecule has 0 amide bonds. The molecule has 0 saturated carbocycles. The lowest BCUT2D eigenvalue weighted by Gasteiger charge is -2.25. The number of rotatable bonds is 4. The van der Waals surface area contributed by atoms with Crippen LogP contribution < -0.4 is 0 Å². The Morgan fingerprint density at radius 3 is 2.52 bits per heavy atom. The van der Waals surface area contributed by atoms with Crippen LogP contribution in [0.15, 0.2) is 29.4 Å². The fourth-order valence-electron chi connectivity index (χ4n) is 2.09. The Morgan fingerprint density at radius 2 is 1.95 bits per heavy atom. The lowest BCUT2D eigenvalue weighted by atomic mass is 10.1. The highest BCUT2D eigenvalue weighted by molar-refractivity contribution is 7.99. The molecular weight excluding hydrogens is 286 g/mol. The van der Waals surface area contributed by atoms with Gasteiger partial charge in [0.2, 0.25) is 0 Å². The molecule has 0 spiro atoms. The minimum absolute atomic E-state index is 0.0258. The van der Waals surface area contributed by atoms with Gasteiger partial charge in [-0.15, -0.1) is 10.2 Å². The molecular formula is C15H19N3O2S. The van der Waals surface area contributed by atoms with Crippen molar-refractivity contribution in [1.29, 1.82) is 0 Å². The topological polar surface area (TPSA) is 68.0 Å². The maximum absolute atomic E-state index is 10.8. The minimum Gasteiger partial charge on any atom is -0.481 e. The molecule has 1 N–H and O–H groups in total. The molecule has 2 aromatic rings. The van der Waals surface area contributed by atoms with E-state index in [9.17, 15) is 4.79 Å². The Hall–Kier alpha value is -1.82. The Kier molecular flexibility index (Phi) is 4.37. The third kappa shape index (κ3) is 3.44. The molecule has 0 bridgehead atoms. The molecule has 21 heavy (non-hydrogen) atoms. The van der Waals surface area contributed by atoms with Crippen molar-refractivity contribution in [1.82, 2.24) is 14.8 Å². The summed E-state index contributed by atoms with van der Waals surface area (Å²) in [5, 5.41) is 18.0. The monoisotopic (exact) mass is 305 g/mol. The Morgan fingerprint density at radius 1 is 1.29 bits per heavy atom. The lowest BCUT2D eigenvalue weighted by molar-refractivity contribution is -0.133.